The van der Waals surface area contributed by atoms with E-state index in [2.05, 4.69) is 25.8 Å². The van der Waals surface area contributed by atoms with Gasteiger partial charge in [-0.3, -0.25) is 14.5 Å². The minimum Gasteiger partial charge on any atom is -0.484 e. The third-order valence-electron chi connectivity index (χ3n) is 8.49. The number of alkyl halides is 3. The summed E-state index contributed by atoms with van der Waals surface area (Å²) in [5.74, 6) is 0.918. The fraction of sp³-hybridized carbons (Fsp3) is 0.378. The molecule has 10 nitrogen and oxygen atoms in total. The molecule has 0 saturated carbocycles. The number of likely N-dealkylation sites (tertiary alicyclic amines) is 1. The van der Waals surface area contributed by atoms with Crippen LogP contribution >= 0.6 is 23.2 Å². The molecule has 4 aromatic rings. The Morgan fingerprint density at radius 2 is 1.40 bits per heavy atom. The predicted molar refractivity (Wildman–Crippen MR) is 193 cm³/mol. The van der Waals surface area contributed by atoms with Crippen molar-refractivity contribution in [2.75, 3.05) is 39.4 Å². The van der Waals surface area contributed by atoms with Crippen LogP contribution in [0.3, 0.4) is 0 Å². The van der Waals surface area contributed by atoms with Gasteiger partial charge in [-0.2, -0.15) is 13.2 Å². The Bertz CT molecular complexity index is 1740. The van der Waals surface area contributed by atoms with Crippen molar-refractivity contribution in [1.29, 1.82) is 0 Å². The summed E-state index contributed by atoms with van der Waals surface area (Å²) >= 11 is 11.7. The molecule has 2 amide bonds. The van der Waals surface area contributed by atoms with Crippen molar-refractivity contribution in [1.82, 2.24) is 30.4 Å². The van der Waals surface area contributed by atoms with Gasteiger partial charge in [-0.1, -0.05) is 35.3 Å². The molecule has 6 rings (SSSR count). The molecule has 0 radical (unpaired) electrons. The van der Waals surface area contributed by atoms with Crippen molar-refractivity contribution in [3.05, 3.63) is 107 Å². The van der Waals surface area contributed by atoms with Crippen molar-refractivity contribution < 1.29 is 32.2 Å². The van der Waals surface area contributed by atoms with E-state index in [4.69, 9.17) is 32.7 Å². The van der Waals surface area contributed by atoms with Crippen molar-refractivity contribution in [2.45, 2.75) is 50.5 Å². The third kappa shape index (κ3) is 12.7. The van der Waals surface area contributed by atoms with Crippen molar-refractivity contribution in [3.8, 4) is 17.2 Å². The third-order valence-corrected chi connectivity index (χ3v) is 8.96. The Morgan fingerprint density at radius 1 is 0.827 bits per heavy atom. The lowest BCUT2D eigenvalue weighted by Gasteiger charge is -2.32. The topological polar surface area (TPSA) is 110 Å². The molecule has 2 fully saturated rings. The fourth-order valence-corrected chi connectivity index (χ4v) is 6.17. The molecule has 0 aliphatic carbocycles. The summed E-state index contributed by atoms with van der Waals surface area (Å²) in [7, 11) is 0. The van der Waals surface area contributed by atoms with E-state index >= 15 is 0 Å². The second-order valence-corrected chi connectivity index (χ2v) is 13.4. The first-order chi connectivity index (χ1) is 25.0. The van der Waals surface area contributed by atoms with Crippen LogP contribution in [0.2, 0.25) is 10.0 Å². The predicted octanol–water partition coefficient (Wildman–Crippen LogP) is 6.29. The number of piperidine rings is 2. The zero-order chi connectivity index (χ0) is 36.9. The van der Waals surface area contributed by atoms with Gasteiger partial charge in [0.1, 0.15) is 17.2 Å². The van der Waals surface area contributed by atoms with E-state index in [9.17, 15) is 22.8 Å². The number of rotatable bonds is 11. The monoisotopic (exact) mass is 760 g/mol. The number of nitrogens with zero attached hydrogens (tertiary/aromatic N) is 3. The van der Waals surface area contributed by atoms with E-state index in [1.54, 1.807) is 53.1 Å². The van der Waals surface area contributed by atoms with Crippen molar-refractivity contribution in [3.63, 3.8) is 0 Å². The minimum absolute atomic E-state index is 0.0320. The highest BCUT2D eigenvalue weighted by Gasteiger charge is 2.32. The second-order valence-electron chi connectivity index (χ2n) is 12.5. The lowest BCUT2D eigenvalue weighted by molar-refractivity contribution is -0.141. The van der Waals surface area contributed by atoms with Gasteiger partial charge in [0.05, 0.1) is 11.9 Å². The van der Waals surface area contributed by atoms with Crippen LogP contribution in [0.4, 0.5) is 13.2 Å². The van der Waals surface area contributed by atoms with Gasteiger partial charge in [0.2, 0.25) is 0 Å². The highest BCUT2D eigenvalue weighted by atomic mass is 35.5. The largest absolute Gasteiger partial charge is 0.484 e. The number of aromatic nitrogens is 2. The normalized spacial score (nSPS) is 15.6. The maximum Gasteiger partial charge on any atom is 0.433 e. The van der Waals surface area contributed by atoms with Gasteiger partial charge >= 0.3 is 6.18 Å². The lowest BCUT2D eigenvalue weighted by Crippen LogP contribution is -2.45. The fourth-order valence-electron chi connectivity index (χ4n) is 5.81. The molecule has 2 aromatic carbocycles. The van der Waals surface area contributed by atoms with E-state index in [0.717, 1.165) is 70.0 Å². The molecule has 52 heavy (non-hydrogen) atoms. The molecule has 2 aliphatic heterocycles. The molecule has 2 aliphatic rings. The molecule has 0 spiro atoms. The number of hydrogen-bond acceptors (Lipinski definition) is 7. The molecule has 2 aromatic heterocycles. The van der Waals surface area contributed by atoms with Crippen LogP contribution in [-0.2, 0) is 22.3 Å². The van der Waals surface area contributed by atoms with Crippen molar-refractivity contribution in [2.24, 2.45) is 0 Å². The average molecular weight is 762 g/mol. The number of carbonyl (C=O) groups excluding carboxylic acids is 2. The minimum atomic E-state index is -4.45. The molecule has 0 bridgehead atoms. The van der Waals surface area contributed by atoms with Crippen LogP contribution in [0.5, 0.6) is 11.5 Å². The average Bonchev–Trinajstić information content (AvgIpc) is 3.60. The van der Waals surface area contributed by atoms with Gasteiger partial charge in [-0.05, 0) is 98.9 Å². The summed E-state index contributed by atoms with van der Waals surface area (Å²) in [4.78, 5) is 29.7. The highest BCUT2D eigenvalue weighted by molar-refractivity contribution is 6.31. The summed E-state index contributed by atoms with van der Waals surface area (Å²) in [5.41, 5.74) is 0.715. The van der Waals surface area contributed by atoms with Gasteiger partial charge < -0.3 is 30.0 Å². The van der Waals surface area contributed by atoms with Crippen LogP contribution in [0.25, 0.3) is 5.69 Å². The maximum absolute atomic E-state index is 12.7. The van der Waals surface area contributed by atoms with Crippen LogP contribution in [-0.4, -0.2) is 77.7 Å². The molecular formula is C37H41Cl2F3N6O4. The number of hydrogen-bond donors (Lipinski definition) is 3. The zero-order valence-electron chi connectivity index (χ0n) is 28.4. The quantitative estimate of drug-likeness (QED) is 0.165. The first-order valence-corrected chi connectivity index (χ1v) is 17.7. The van der Waals surface area contributed by atoms with Gasteiger partial charge in [0.25, 0.3) is 11.8 Å². The maximum atomic E-state index is 12.7. The Hall–Kier alpha value is -4.30. The van der Waals surface area contributed by atoms with E-state index in [1.165, 1.54) is 12.3 Å². The Morgan fingerprint density at radius 3 is 1.92 bits per heavy atom. The Balaban J connectivity index is 0.000000244. The number of carbonyl (C=O) groups is 2. The number of amides is 2. The Labute approximate surface area is 310 Å². The van der Waals surface area contributed by atoms with Gasteiger partial charge in [-0.25, -0.2) is 4.98 Å². The van der Waals surface area contributed by atoms with Crippen LogP contribution in [0.1, 0.15) is 36.9 Å². The van der Waals surface area contributed by atoms with Crippen LogP contribution in [0, 0.1) is 0 Å². The zero-order valence-corrected chi connectivity index (χ0v) is 29.9. The van der Waals surface area contributed by atoms with Gasteiger partial charge in [0.15, 0.2) is 13.2 Å². The summed E-state index contributed by atoms with van der Waals surface area (Å²) in [6.45, 7) is 4.26. The van der Waals surface area contributed by atoms with Crippen LogP contribution < -0.4 is 25.4 Å². The number of halogens is 5. The smallest absolute Gasteiger partial charge is 0.433 e. The van der Waals surface area contributed by atoms with E-state index < -0.39 is 11.9 Å². The van der Waals surface area contributed by atoms with Crippen LogP contribution in [0.15, 0.2) is 85.3 Å². The summed E-state index contributed by atoms with van der Waals surface area (Å²) in [6, 6.07) is 18.6. The standard InChI is InChI=1S/C24H24ClF3N4O2.C13H17ClN2O2/c25-18-2-1-3-21(12-18)34-16-23(33)30-19-7-9-31(10-8-19)14-17-6-11-32(15-17)20-4-5-22(29-13-20)24(26,27)28;14-10-2-1-3-12(8-10)18-9-13(17)16-11-4-6-15-7-5-11/h1-6,11-13,15,19H,7-10,14,16H2,(H,30,33);1-3,8,11,15H,4-7,9H2,(H,16,17). The lowest BCUT2D eigenvalue weighted by atomic mass is 10.0. The Kier molecular flexibility index (Phi) is 14.2. The first-order valence-electron chi connectivity index (χ1n) is 17.0. The molecule has 3 N–H and O–H groups in total. The number of ether oxygens (including phenoxy) is 2. The molecule has 15 heteroatoms. The number of nitrogens with one attached hydrogen (secondary N) is 3. The van der Waals surface area contributed by atoms with E-state index in [0.29, 0.717) is 27.2 Å². The summed E-state index contributed by atoms with van der Waals surface area (Å²) < 4.78 is 50.7. The second kappa shape index (κ2) is 19.0. The van der Waals surface area contributed by atoms with Gasteiger partial charge in [0, 0.05) is 54.2 Å². The molecule has 0 atom stereocenters. The molecule has 4 heterocycles. The van der Waals surface area contributed by atoms with E-state index in [1.807, 2.05) is 18.5 Å². The number of pyridine rings is 1. The molecule has 278 valence electrons. The summed E-state index contributed by atoms with van der Waals surface area (Å²) in [5, 5.41) is 10.4. The van der Waals surface area contributed by atoms with Crippen molar-refractivity contribution >= 4 is 35.0 Å². The summed E-state index contributed by atoms with van der Waals surface area (Å²) in [6.07, 6.45) is 4.08. The SMILES string of the molecule is O=C(COc1cccc(Cl)c1)NC1CCN(Cc2ccn(-c3ccc(C(F)(F)F)nc3)c2)CC1.O=C(COc1cccc(Cl)c1)NC1CCNCC1. The number of benzene rings is 2. The first kappa shape index (κ1) is 38.9. The van der Waals surface area contributed by atoms with E-state index in [-0.39, 0.29) is 37.1 Å². The highest BCUT2D eigenvalue weighted by Crippen LogP contribution is 2.28. The molecule has 0 unspecified atom stereocenters. The molecular weight excluding hydrogens is 720 g/mol. The molecule has 2 saturated heterocycles. The van der Waals surface area contributed by atoms with Gasteiger partial charge in [-0.15, -0.1) is 0 Å².